The lowest BCUT2D eigenvalue weighted by Gasteiger charge is -2.19. The van der Waals surface area contributed by atoms with Gasteiger partial charge in [-0.3, -0.25) is 9.69 Å². The first-order valence-corrected chi connectivity index (χ1v) is 10.6. The van der Waals surface area contributed by atoms with E-state index < -0.39 is 0 Å². The summed E-state index contributed by atoms with van der Waals surface area (Å²) >= 11 is 3.60. The number of hydrogen-bond acceptors (Lipinski definition) is 3. The van der Waals surface area contributed by atoms with Gasteiger partial charge >= 0.3 is 0 Å². The fourth-order valence-corrected chi connectivity index (χ4v) is 3.72. The Balaban J connectivity index is 1.77. The highest BCUT2D eigenvalue weighted by Crippen LogP contribution is 2.30. The van der Waals surface area contributed by atoms with Crippen molar-refractivity contribution >= 4 is 39.4 Å². The van der Waals surface area contributed by atoms with E-state index >= 15 is 0 Å². The largest absolute Gasteiger partial charge is 0.494 e. The van der Waals surface area contributed by atoms with E-state index in [1.807, 2.05) is 92.7 Å². The van der Waals surface area contributed by atoms with Gasteiger partial charge < -0.3 is 4.74 Å². The first-order valence-electron chi connectivity index (χ1n) is 9.76. The highest BCUT2D eigenvalue weighted by Gasteiger charge is 2.33. The number of amides is 1. The molecule has 4 nitrogen and oxygen atoms in total. The van der Waals surface area contributed by atoms with Crippen molar-refractivity contribution in [1.29, 1.82) is 0 Å². The van der Waals surface area contributed by atoms with Crippen LogP contribution in [-0.2, 0) is 4.79 Å². The van der Waals surface area contributed by atoms with Gasteiger partial charge in [0, 0.05) is 10.0 Å². The van der Waals surface area contributed by atoms with Gasteiger partial charge in [-0.1, -0.05) is 64.0 Å². The molecule has 0 unspecified atom stereocenters. The Morgan fingerprint density at radius 2 is 1.70 bits per heavy atom. The molecule has 3 aromatic carbocycles. The smallest absolute Gasteiger partial charge is 0.282 e. The molecule has 0 saturated heterocycles. The highest BCUT2D eigenvalue weighted by molar-refractivity contribution is 9.10. The number of aliphatic imine (C=N–C) groups is 1. The monoisotopic (exact) mass is 460 g/mol. The van der Waals surface area contributed by atoms with Crippen molar-refractivity contribution in [2.45, 2.75) is 13.8 Å². The molecule has 1 aliphatic rings. The zero-order chi connectivity index (χ0) is 21.1. The topological polar surface area (TPSA) is 41.9 Å². The first kappa shape index (κ1) is 20.1. The van der Waals surface area contributed by atoms with Crippen molar-refractivity contribution in [2.24, 2.45) is 4.99 Å². The maximum absolute atomic E-state index is 13.4. The SMILES string of the molecule is CCOc1ccc(/C=C2/N=C(c3ccccc3Br)N(c3ccc(C)cc3)C2=O)cc1. The second kappa shape index (κ2) is 8.67. The third kappa shape index (κ3) is 4.07. The lowest BCUT2D eigenvalue weighted by atomic mass is 10.1. The molecule has 1 aliphatic heterocycles. The van der Waals surface area contributed by atoms with Gasteiger partial charge in [-0.15, -0.1) is 0 Å². The van der Waals surface area contributed by atoms with Crippen molar-refractivity contribution in [3.05, 3.63) is 99.7 Å². The zero-order valence-electron chi connectivity index (χ0n) is 16.8. The van der Waals surface area contributed by atoms with Crippen LogP contribution >= 0.6 is 15.9 Å². The van der Waals surface area contributed by atoms with Crippen LogP contribution in [-0.4, -0.2) is 18.3 Å². The average molecular weight is 461 g/mol. The number of amidine groups is 1. The zero-order valence-corrected chi connectivity index (χ0v) is 18.4. The van der Waals surface area contributed by atoms with Crippen LogP contribution in [0.25, 0.3) is 6.08 Å². The number of halogens is 1. The molecule has 1 heterocycles. The van der Waals surface area contributed by atoms with Crippen molar-refractivity contribution in [2.75, 3.05) is 11.5 Å². The second-order valence-electron chi connectivity index (χ2n) is 6.92. The van der Waals surface area contributed by atoms with E-state index in [2.05, 4.69) is 15.9 Å². The van der Waals surface area contributed by atoms with Gasteiger partial charge in [-0.05, 0) is 55.8 Å². The Labute approximate surface area is 184 Å². The van der Waals surface area contributed by atoms with Crippen molar-refractivity contribution in [3.63, 3.8) is 0 Å². The van der Waals surface area contributed by atoms with Crippen LogP contribution < -0.4 is 9.64 Å². The van der Waals surface area contributed by atoms with E-state index in [9.17, 15) is 4.79 Å². The van der Waals surface area contributed by atoms with Crippen molar-refractivity contribution < 1.29 is 9.53 Å². The number of benzene rings is 3. The number of nitrogens with zero attached hydrogens (tertiary/aromatic N) is 2. The number of carbonyl (C=O) groups is 1. The second-order valence-corrected chi connectivity index (χ2v) is 7.78. The molecule has 5 heteroatoms. The lowest BCUT2D eigenvalue weighted by Crippen LogP contribution is -2.32. The van der Waals surface area contributed by atoms with Crippen LogP contribution in [0.5, 0.6) is 5.75 Å². The molecule has 3 aromatic rings. The van der Waals surface area contributed by atoms with Gasteiger partial charge in [-0.2, -0.15) is 0 Å². The normalized spacial score (nSPS) is 14.9. The van der Waals surface area contributed by atoms with E-state index in [-0.39, 0.29) is 5.91 Å². The van der Waals surface area contributed by atoms with Crippen LogP contribution in [0.2, 0.25) is 0 Å². The van der Waals surface area contributed by atoms with Crippen molar-refractivity contribution in [3.8, 4) is 5.75 Å². The fraction of sp³-hybridized carbons (Fsp3) is 0.120. The molecule has 4 rings (SSSR count). The summed E-state index contributed by atoms with van der Waals surface area (Å²) in [5.74, 6) is 1.25. The van der Waals surface area contributed by atoms with Gasteiger partial charge in [-0.25, -0.2) is 4.99 Å². The summed E-state index contributed by atoms with van der Waals surface area (Å²) in [6, 6.07) is 23.3. The number of hydrogen-bond donors (Lipinski definition) is 0. The maximum atomic E-state index is 13.4. The quantitative estimate of drug-likeness (QED) is 0.438. The van der Waals surface area contributed by atoms with E-state index in [1.165, 1.54) is 0 Å². The third-order valence-corrected chi connectivity index (χ3v) is 5.45. The molecule has 1 amide bonds. The Morgan fingerprint density at radius 1 is 1.00 bits per heavy atom. The van der Waals surface area contributed by atoms with Crippen LogP contribution in [0.3, 0.4) is 0 Å². The molecule has 0 bridgehead atoms. The minimum absolute atomic E-state index is 0.154. The summed E-state index contributed by atoms with van der Waals surface area (Å²) in [6.45, 7) is 4.59. The van der Waals surface area contributed by atoms with E-state index in [0.29, 0.717) is 18.1 Å². The van der Waals surface area contributed by atoms with Gasteiger partial charge in [0.15, 0.2) is 0 Å². The summed E-state index contributed by atoms with van der Waals surface area (Å²) in [4.78, 5) is 19.8. The lowest BCUT2D eigenvalue weighted by molar-refractivity contribution is -0.113. The van der Waals surface area contributed by atoms with Crippen LogP contribution in [0.15, 0.2) is 88.0 Å². The minimum Gasteiger partial charge on any atom is -0.494 e. The molecule has 0 N–H and O–H groups in total. The molecule has 0 saturated carbocycles. The number of rotatable bonds is 5. The Kier molecular flexibility index (Phi) is 5.81. The molecular formula is C25H21BrN2O2. The molecular weight excluding hydrogens is 440 g/mol. The summed E-state index contributed by atoms with van der Waals surface area (Å²) in [5.41, 5.74) is 4.07. The third-order valence-electron chi connectivity index (χ3n) is 4.76. The molecule has 0 aromatic heterocycles. The van der Waals surface area contributed by atoms with Crippen molar-refractivity contribution in [1.82, 2.24) is 0 Å². The molecule has 0 fully saturated rings. The predicted octanol–water partition coefficient (Wildman–Crippen LogP) is 5.99. The Hall–Kier alpha value is -3.18. The summed E-state index contributed by atoms with van der Waals surface area (Å²) in [6.07, 6.45) is 1.81. The van der Waals surface area contributed by atoms with Crippen LogP contribution in [0, 0.1) is 6.92 Å². The molecule has 0 atom stereocenters. The van der Waals surface area contributed by atoms with E-state index in [0.717, 1.165) is 32.6 Å². The van der Waals surface area contributed by atoms with Gasteiger partial charge in [0.25, 0.3) is 5.91 Å². The van der Waals surface area contributed by atoms with Gasteiger partial charge in [0.2, 0.25) is 0 Å². The van der Waals surface area contributed by atoms with Crippen LogP contribution in [0.1, 0.15) is 23.6 Å². The fourth-order valence-electron chi connectivity index (χ4n) is 3.26. The molecule has 0 spiro atoms. The number of carbonyl (C=O) groups excluding carboxylic acids is 1. The van der Waals surface area contributed by atoms with E-state index in [1.54, 1.807) is 4.90 Å². The molecule has 150 valence electrons. The molecule has 30 heavy (non-hydrogen) atoms. The maximum Gasteiger partial charge on any atom is 0.282 e. The van der Waals surface area contributed by atoms with Gasteiger partial charge in [0.05, 0.1) is 12.3 Å². The first-order chi connectivity index (χ1) is 14.6. The minimum atomic E-state index is -0.154. The summed E-state index contributed by atoms with van der Waals surface area (Å²) in [5, 5.41) is 0. The summed E-state index contributed by atoms with van der Waals surface area (Å²) in [7, 11) is 0. The number of aryl methyl sites for hydroxylation is 1. The number of ether oxygens (including phenoxy) is 1. The number of anilines is 1. The predicted molar refractivity (Wildman–Crippen MR) is 125 cm³/mol. The Bertz CT molecular complexity index is 1130. The standard InChI is InChI=1S/C25H21BrN2O2/c1-3-30-20-14-10-18(11-15-20)16-23-25(29)28(19-12-8-17(2)9-13-19)24(27-23)21-6-4-5-7-22(21)26/h4-16H,3H2,1-2H3/b23-16+. The van der Waals surface area contributed by atoms with E-state index in [4.69, 9.17) is 9.73 Å². The molecule has 0 radical (unpaired) electrons. The highest BCUT2D eigenvalue weighted by atomic mass is 79.9. The molecule has 0 aliphatic carbocycles. The van der Waals surface area contributed by atoms with Gasteiger partial charge in [0.1, 0.15) is 17.3 Å². The Morgan fingerprint density at radius 3 is 2.37 bits per heavy atom. The van der Waals surface area contributed by atoms with Crippen LogP contribution in [0.4, 0.5) is 5.69 Å². The summed E-state index contributed by atoms with van der Waals surface area (Å²) < 4.78 is 6.38. The average Bonchev–Trinajstić information content (AvgIpc) is 3.06.